The molecule has 0 saturated carbocycles. The third kappa shape index (κ3) is 3.45. The molecule has 1 heterocycles. The molecule has 0 spiro atoms. The molecule has 1 aliphatic rings. The van der Waals surface area contributed by atoms with Crippen molar-refractivity contribution < 1.29 is 14.9 Å². The summed E-state index contributed by atoms with van der Waals surface area (Å²) in [6.07, 6.45) is 2.72. The van der Waals surface area contributed by atoms with Gasteiger partial charge in [-0.05, 0) is 36.5 Å². The van der Waals surface area contributed by atoms with Gasteiger partial charge >= 0.3 is 0 Å². The van der Waals surface area contributed by atoms with Crippen LogP contribution in [0.1, 0.15) is 24.0 Å². The van der Waals surface area contributed by atoms with Gasteiger partial charge in [-0.3, -0.25) is 0 Å². The normalized spacial score (nSPS) is 15.9. The van der Waals surface area contributed by atoms with Crippen molar-refractivity contribution in [3.05, 3.63) is 29.3 Å². The Morgan fingerprint density at radius 1 is 1.33 bits per heavy atom. The topological polar surface area (TPSA) is 61.7 Å². The highest BCUT2D eigenvalue weighted by molar-refractivity contribution is 5.38. The molecule has 1 aromatic rings. The molecular weight excluding hydrogens is 230 g/mol. The summed E-state index contributed by atoms with van der Waals surface area (Å²) in [5, 5.41) is 21.2. The lowest BCUT2D eigenvalue weighted by Gasteiger charge is -2.19. The number of ether oxygens (including phenoxy) is 1. The van der Waals surface area contributed by atoms with Crippen molar-refractivity contribution in [2.75, 3.05) is 19.8 Å². The smallest absolute Gasteiger partial charge is 0.122 e. The predicted octanol–water partition coefficient (Wildman–Crippen LogP) is 0.844. The Hall–Kier alpha value is -1.10. The van der Waals surface area contributed by atoms with E-state index in [9.17, 15) is 0 Å². The molecule has 0 fully saturated rings. The standard InChI is InChI=1S/C14H21NO3/c16-6-5-13(10-17)15-9-11-3-4-14-12(8-11)2-1-7-18-14/h3-4,8,13,15-17H,1-2,5-7,9-10H2. The lowest BCUT2D eigenvalue weighted by Crippen LogP contribution is -2.32. The van der Waals surface area contributed by atoms with E-state index in [2.05, 4.69) is 11.4 Å². The zero-order valence-corrected chi connectivity index (χ0v) is 10.6. The molecule has 1 aromatic carbocycles. The van der Waals surface area contributed by atoms with Crippen LogP contribution in [0.3, 0.4) is 0 Å². The van der Waals surface area contributed by atoms with Crippen LogP contribution in [0.5, 0.6) is 5.75 Å². The summed E-state index contributed by atoms with van der Waals surface area (Å²) < 4.78 is 5.57. The number of rotatable bonds is 6. The lowest BCUT2D eigenvalue weighted by atomic mass is 10.0. The Balaban J connectivity index is 1.93. The van der Waals surface area contributed by atoms with E-state index in [4.69, 9.17) is 14.9 Å². The third-order valence-corrected chi connectivity index (χ3v) is 3.27. The molecule has 4 nitrogen and oxygen atoms in total. The van der Waals surface area contributed by atoms with Gasteiger partial charge in [0, 0.05) is 19.2 Å². The van der Waals surface area contributed by atoms with Crippen LogP contribution < -0.4 is 10.1 Å². The van der Waals surface area contributed by atoms with Gasteiger partial charge in [-0.1, -0.05) is 12.1 Å². The zero-order valence-electron chi connectivity index (χ0n) is 10.6. The summed E-state index contributed by atoms with van der Waals surface area (Å²) in [4.78, 5) is 0. The maximum absolute atomic E-state index is 9.13. The van der Waals surface area contributed by atoms with Crippen molar-refractivity contribution >= 4 is 0 Å². The number of fused-ring (bicyclic) bond motifs is 1. The number of hydrogen-bond acceptors (Lipinski definition) is 4. The van der Waals surface area contributed by atoms with Crippen LogP contribution in [0.4, 0.5) is 0 Å². The van der Waals surface area contributed by atoms with E-state index in [1.165, 1.54) is 11.1 Å². The molecular formula is C14H21NO3. The first kappa shape index (κ1) is 13.3. The van der Waals surface area contributed by atoms with Gasteiger partial charge in [-0.15, -0.1) is 0 Å². The Kier molecular flexibility index (Phi) is 4.99. The molecule has 0 aromatic heterocycles. The van der Waals surface area contributed by atoms with Crippen LogP contribution in [0.25, 0.3) is 0 Å². The highest BCUT2D eigenvalue weighted by Crippen LogP contribution is 2.25. The molecule has 0 radical (unpaired) electrons. The van der Waals surface area contributed by atoms with Gasteiger partial charge in [-0.25, -0.2) is 0 Å². The number of aryl methyl sites for hydroxylation is 1. The first-order chi connectivity index (χ1) is 8.83. The molecule has 2 rings (SSSR count). The molecule has 0 aliphatic carbocycles. The summed E-state index contributed by atoms with van der Waals surface area (Å²) in [6.45, 7) is 1.66. The van der Waals surface area contributed by atoms with Crippen LogP contribution in [-0.2, 0) is 13.0 Å². The first-order valence-electron chi connectivity index (χ1n) is 6.53. The van der Waals surface area contributed by atoms with Crippen molar-refractivity contribution in [1.82, 2.24) is 5.32 Å². The molecule has 4 heteroatoms. The van der Waals surface area contributed by atoms with E-state index >= 15 is 0 Å². The maximum atomic E-state index is 9.13. The summed E-state index contributed by atoms with van der Waals surface area (Å²) in [5.41, 5.74) is 2.46. The summed E-state index contributed by atoms with van der Waals surface area (Å²) in [7, 11) is 0. The lowest BCUT2D eigenvalue weighted by molar-refractivity contribution is 0.200. The van der Waals surface area contributed by atoms with E-state index in [0.29, 0.717) is 13.0 Å². The number of aliphatic hydroxyl groups excluding tert-OH is 2. The van der Waals surface area contributed by atoms with Gasteiger partial charge in [0.2, 0.25) is 0 Å². The minimum atomic E-state index is -0.0396. The third-order valence-electron chi connectivity index (χ3n) is 3.27. The monoisotopic (exact) mass is 251 g/mol. The van der Waals surface area contributed by atoms with Crippen molar-refractivity contribution in [1.29, 1.82) is 0 Å². The molecule has 1 atom stereocenters. The maximum Gasteiger partial charge on any atom is 0.122 e. The van der Waals surface area contributed by atoms with Crippen LogP contribution in [-0.4, -0.2) is 36.1 Å². The molecule has 18 heavy (non-hydrogen) atoms. The SMILES string of the molecule is OCCC(CO)NCc1ccc2c(c1)CCCO2. The van der Waals surface area contributed by atoms with Gasteiger partial charge in [-0.2, -0.15) is 0 Å². The molecule has 0 amide bonds. The van der Waals surface area contributed by atoms with Gasteiger partial charge in [0.05, 0.1) is 13.2 Å². The fraction of sp³-hybridized carbons (Fsp3) is 0.571. The Bertz CT molecular complexity index is 381. The first-order valence-corrected chi connectivity index (χ1v) is 6.53. The number of nitrogens with one attached hydrogen (secondary N) is 1. The number of aliphatic hydroxyl groups is 2. The molecule has 3 N–H and O–H groups in total. The highest BCUT2D eigenvalue weighted by atomic mass is 16.5. The number of benzene rings is 1. The Labute approximate surface area is 108 Å². The van der Waals surface area contributed by atoms with Gasteiger partial charge < -0.3 is 20.3 Å². The molecule has 0 saturated heterocycles. The fourth-order valence-electron chi connectivity index (χ4n) is 2.20. The second kappa shape index (κ2) is 6.73. The highest BCUT2D eigenvalue weighted by Gasteiger charge is 2.11. The van der Waals surface area contributed by atoms with Crippen molar-refractivity contribution in [3.63, 3.8) is 0 Å². The minimum Gasteiger partial charge on any atom is -0.493 e. The minimum absolute atomic E-state index is 0.0396. The largest absolute Gasteiger partial charge is 0.493 e. The predicted molar refractivity (Wildman–Crippen MR) is 69.7 cm³/mol. The fourth-order valence-corrected chi connectivity index (χ4v) is 2.20. The average Bonchev–Trinajstić information content (AvgIpc) is 2.43. The van der Waals surface area contributed by atoms with Crippen LogP contribution in [0.2, 0.25) is 0 Å². The van der Waals surface area contributed by atoms with Crippen LogP contribution in [0.15, 0.2) is 18.2 Å². The molecule has 1 unspecified atom stereocenters. The van der Waals surface area contributed by atoms with E-state index < -0.39 is 0 Å². The molecule has 0 bridgehead atoms. The van der Waals surface area contributed by atoms with Gasteiger partial charge in [0.15, 0.2) is 0 Å². The van der Waals surface area contributed by atoms with Gasteiger partial charge in [0.1, 0.15) is 5.75 Å². The van der Waals surface area contributed by atoms with Gasteiger partial charge in [0.25, 0.3) is 0 Å². The van der Waals surface area contributed by atoms with Crippen molar-refractivity contribution in [2.45, 2.75) is 31.8 Å². The van der Waals surface area contributed by atoms with E-state index in [-0.39, 0.29) is 19.3 Å². The summed E-state index contributed by atoms with van der Waals surface area (Å²) in [5.74, 6) is 0.999. The summed E-state index contributed by atoms with van der Waals surface area (Å²) >= 11 is 0. The van der Waals surface area contributed by atoms with Crippen molar-refractivity contribution in [2.24, 2.45) is 0 Å². The van der Waals surface area contributed by atoms with E-state index in [1.807, 2.05) is 12.1 Å². The van der Waals surface area contributed by atoms with E-state index in [1.54, 1.807) is 0 Å². The second-order valence-electron chi connectivity index (χ2n) is 4.67. The quantitative estimate of drug-likeness (QED) is 0.701. The second-order valence-corrected chi connectivity index (χ2v) is 4.67. The van der Waals surface area contributed by atoms with Crippen LogP contribution >= 0.6 is 0 Å². The van der Waals surface area contributed by atoms with Crippen molar-refractivity contribution in [3.8, 4) is 5.75 Å². The van der Waals surface area contributed by atoms with Crippen LogP contribution in [0, 0.1) is 0 Å². The Morgan fingerprint density at radius 3 is 3.00 bits per heavy atom. The average molecular weight is 251 g/mol. The molecule has 100 valence electrons. The van der Waals surface area contributed by atoms with E-state index in [0.717, 1.165) is 25.2 Å². The molecule has 1 aliphatic heterocycles. The summed E-state index contributed by atoms with van der Waals surface area (Å²) in [6, 6.07) is 6.19. The number of hydrogen-bond donors (Lipinski definition) is 3. The Morgan fingerprint density at radius 2 is 2.22 bits per heavy atom. The zero-order chi connectivity index (χ0) is 12.8.